The highest BCUT2D eigenvalue weighted by molar-refractivity contribution is 5.90. The van der Waals surface area contributed by atoms with Gasteiger partial charge < -0.3 is 5.73 Å². The molecular formula is C16H10F4N2. The lowest BCUT2D eigenvalue weighted by atomic mass is 10.1. The smallest absolute Gasteiger partial charge is 0.397 e. The number of hydrogen-bond donors (Lipinski definition) is 1. The summed E-state index contributed by atoms with van der Waals surface area (Å²) in [4.78, 5) is 4.28. The summed E-state index contributed by atoms with van der Waals surface area (Å²) >= 11 is 0. The van der Waals surface area contributed by atoms with Crippen molar-refractivity contribution in [1.82, 2.24) is 4.98 Å². The number of nitrogens with zero attached hydrogens (tertiary/aromatic N) is 1. The van der Waals surface area contributed by atoms with Crippen molar-refractivity contribution in [3.63, 3.8) is 0 Å². The molecule has 0 aliphatic carbocycles. The predicted octanol–water partition coefficient (Wildman–Crippen LogP) is 4.64. The molecule has 6 heteroatoms. The second-order valence-corrected chi connectivity index (χ2v) is 4.81. The van der Waals surface area contributed by atoms with E-state index < -0.39 is 17.6 Å². The van der Waals surface area contributed by atoms with E-state index in [4.69, 9.17) is 5.73 Å². The van der Waals surface area contributed by atoms with Gasteiger partial charge in [0.25, 0.3) is 0 Å². The first kappa shape index (κ1) is 14.3. The molecule has 0 atom stereocenters. The molecule has 1 heterocycles. The zero-order valence-electron chi connectivity index (χ0n) is 11.2. The molecule has 0 saturated carbocycles. The molecule has 0 saturated heterocycles. The zero-order chi connectivity index (χ0) is 15.9. The number of nitrogens with two attached hydrogens (primary N) is 1. The Morgan fingerprint density at radius 1 is 0.955 bits per heavy atom. The third-order valence-corrected chi connectivity index (χ3v) is 3.32. The summed E-state index contributed by atoms with van der Waals surface area (Å²) in [6.07, 6.45) is -4.75. The van der Waals surface area contributed by atoms with Gasteiger partial charge in [-0.1, -0.05) is 18.2 Å². The van der Waals surface area contributed by atoms with Crippen molar-refractivity contribution < 1.29 is 17.6 Å². The molecule has 2 N–H and O–H groups in total. The molecule has 3 rings (SSSR count). The fourth-order valence-electron chi connectivity index (χ4n) is 2.23. The van der Waals surface area contributed by atoms with Crippen LogP contribution < -0.4 is 5.73 Å². The number of aromatic nitrogens is 1. The van der Waals surface area contributed by atoms with Crippen molar-refractivity contribution in [2.45, 2.75) is 6.18 Å². The van der Waals surface area contributed by atoms with Gasteiger partial charge in [-0.05, 0) is 30.3 Å². The fourth-order valence-corrected chi connectivity index (χ4v) is 2.23. The van der Waals surface area contributed by atoms with Crippen LogP contribution in [0.15, 0.2) is 48.5 Å². The van der Waals surface area contributed by atoms with Gasteiger partial charge in [0, 0.05) is 10.9 Å². The molecule has 0 bridgehead atoms. The van der Waals surface area contributed by atoms with Crippen molar-refractivity contribution >= 4 is 16.6 Å². The Bertz CT molecular complexity index is 856. The van der Waals surface area contributed by atoms with Gasteiger partial charge in [0.05, 0.1) is 22.5 Å². The van der Waals surface area contributed by atoms with E-state index in [0.29, 0.717) is 16.9 Å². The Labute approximate surface area is 123 Å². The third-order valence-electron chi connectivity index (χ3n) is 3.32. The van der Waals surface area contributed by atoms with Crippen molar-refractivity contribution in [2.75, 3.05) is 5.73 Å². The van der Waals surface area contributed by atoms with Gasteiger partial charge in [-0.3, -0.25) is 0 Å². The summed E-state index contributed by atoms with van der Waals surface area (Å²) in [7, 11) is 0. The fraction of sp³-hybridized carbons (Fsp3) is 0.0625. The number of halogens is 4. The first-order valence-corrected chi connectivity index (χ1v) is 6.38. The van der Waals surface area contributed by atoms with Gasteiger partial charge >= 0.3 is 6.18 Å². The maximum Gasteiger partial charge on any atom is 0.419 e. The number of anilines is 1. The van der Waals surface area contributed by atoms with E-state index in [-0.39, 0.29) is 5.56 Å². The predicted molar refractivity (Wildman–Crippen MR) is 76.6 cm³/mol. The van der Waals surface area contributed by atoms with E-state index >= 15 is 0 Å². The van der Waals surface area contributed by atoms with Crippen LogP contribution in [0.3, 0.4) is 0 Å². The summed E-state index contributed by atoms with van der Waals surface area (Å²) < 4.78 is 51.7. The van der Waals surface area contributed by atoms with Gasteiger partial charge in [-0.2, -0.15) is 13.2 Å². The van der Waals surface area contributed by atoms with E-state index in [1.165, 1.54) is 6.07 Å². The summed E-state index contributed by atoms with van der Waals surface area (Å²) in [5.41, 5.74) is 5.92. The lowest BCUT2D eigenvalue weighted by Gasteiger charge is -2.10. The van der Waals surface area contributed by atoms with E-state index in [1.807, 2.05) is 0 Å². The van der Waals surface area contributed by atoms with Crippen molar-refractivity contribution in [3.8, 4) is 11.3 Å². The largest absolute Gasteiger partial charge is 0.419 e. The van der Waals surface area contributed by atoms with Crippen LogP contribution in [0.2, 0.25) is 0 Å². The maximum absolute atomic E-state index is 13.3. The highest BCUT2D eigenvalue weighted by atomic mass is 19.4. The van der Waals surface area contributed by atoms with Crippen molar-refractivity contribution in [3.05, 3.63) is 59.9 Å². The van der Waals surface area contributed by atoms with Crippen LogP contribution in [0.1, 0.15) is 5.56 Å². The second kappa shape index (κ2) is 4.98. The molecule has 1 aromatic heterocycles. The standard InChI is InChI=1S/C16H10F4N2/c17-12-6-4-10(8-11(12)16(18,19)20)14-7-5-9-2-1-3-13(21)15(9)22-14/h1-8H,21H2. The molecule has 3 aromatic rings. The Morgan fingerprint density at radius 3 is 2.45 bits per heavy atom. The summed E-state index contributed by atoms with van der Waals surface area (Å²) in [5, 5.41) is 0.780. The average molecular weight is 306 g/mol. The van der Waals surface area contributed by atoms with Crippen LogP contribution >= 0.6 is 0 Å². The molecule has 0 amide bonds. The number of rotatable bonds is 1. The summed E-state index contributed by atoms with van der Waals surface area (Å²) in [6, 6.07) is 11.3. The molecule has 22 heavy (non-hydrogen) atoms. The number of hydrogen-bond acceptors (Lipinski definition) is 2. The number of benzene rings is 2. The van der Waals surface area contributed by atoms with Crippen LogP contribution in [-0.2, 0) is 6.18 Å². The van der Waals surface area contributed by atoms with Gasteiger partial charge in [0.15, 0.2) is 0 Å². The molecule has 0 spiro atoms. The number of para-hydroxylation sites is 1. The molecule has 2 nitrogen and oxygen atoms in total. The Hall–Kier alpha value is -2.63. The van der Waals surface area contributed by atoms with Crippen LogP contribution in [0.5, 0.6) is 0 Å². The SMILES string of the molecule is Nc1cccc2ccc(-c3ccc(F)c(C(F)(F)F)c3)nc12. The molecule has 0 radical (unpaired) electrons. The average Bonchev–Trinajstić information content (AvgIpc) is 2.47. The number of pyridine rings is 1. The van der Waals surface area contributed by atoms with Gasteiger partial charge in [0.2, 0.25) is 0 Å². The van der Waals surface area contributed by atoms with Crippen molar-refractivity contribution in [2.24, 2.45) is 0 Å². The minimum absolute atomic E-state index is 0.180. The Kier molecular flexibility index (Phi) is 3.24. The molecule has 2 aromatic carbocycles. The molecule has 0 aliphatic rings. The zero-order valence-corrected chi connectivity index (χ0v) is 11.2. The highest BCUT2D eigenvalue weighted by Gasteiger charge is 2.34. The highest BCUT2D eigenvalue weighted by Crippen LogP contribution is 2.34. The lowest BCUT2D eigenvalue weighted by molar-refractivity contribution is -0.139. The monoisotopic (exact) mass is 306 g/mol. The van der Waals surface area contributed by atoms with Crippen LogP contribution in [0.4, 0.5) is 23.2 Å². The quantitative estimate of drug-likeness (QED) is 0.525. The number of alkyl halides is 3. The number of fused-ring (bicyclic) bond motifs is 1. The Morgan fingerprint density at radius 2 is 1.73 bits per heavy atom. The molecule has 0 unspecified atom stereocenters. The first-order chi connectivity index (χ1) is 10.4. The van der Waals surface area contributed by atoms with Gasteiger partial charge in [-0.25, -0.2) is 9.37 Å². The second-order valence-electron chi connectivity index (χ2n) is 4.81. The lowest BCUT2D eigenvalue weighted by Crippen LogP contribution is -2.08. The normalized spacial score (nSPS) is 11.8. The van der Waals surface area contributed by atoms with Gasteiger partial charge in [0.1, 0.15) is 5.82 Å². The van der Waals surface area contributed by atoms with E-state index in [2.05, 4.69) is 4.98 Å². The molecule has 0 fully saturated rings. The van der Waals surface area contributed by atoms with E-state index in [1.54, 1.807) is 30.3 Å². The van der Waals surface area contributed by atoms with Crippen molar-refractivity contribution in [1.29, 1.82) is 0 Å². The topological polar surface area (TPSA) is 38.9 Å². The number of nitrogen functional groups attached to an aromatic ring is 1. The molecular weight excluding hydrogens is 296 g/mol. The maximum atomic E-state index is 13.3. The van der Waals surface area contributed by atoms with Crippen LogP contribution in [0, 0.1) is 5.82 Å². The van der Waals surface area contributed by atoms with E-state index in [0.717, 1.165) is 17.5 Å². The Balaban J connectivity index is 2.17. The third kappa shape index (κ3) is 2.47. The van der Waals surface area contributed by atoms with Crippen LogP contribution in [-0.4, -0.2) is 4.98 Å². The minimum atomic E-state index is -4.75. The molecule has 112 valence electrons. The summed E-state index contributed by atoms with van der Waals surface area (Å²) in [6.45, 7) is 0. The molecule has 0 aliphatic heterocycles. The summed E-state index contributed by atoms with van der Waals surface area (Å²) in [5.74, 6) is -1.31. The minimum Gasteiger partial charge on any atom is -0.397 e. The van der Waals surface area contributed by atoms with E-state index in [9.17, 15) is 17.6 Å². The first-order valence-electron chi connectivity index (χ1n) is 6.38. The van der Waals surface area contributed by atoms with Crippen LogP contribution in [0.25, 0.3) is 22.2 Å². The van der Waals surface area contributed by atoms with Gasteiger partial charge in [-0.15, -0.1) is 0 Å².